The topological polar surface area (TPSA) is 90.7 Å². The van der Waals surface area contributed by atoms with E-state index in [1.807, 2.05) is 26.8 Å². The zero-order valence-electron chi connectivity index (χ0n) is 18.0. The highest BCUT2D eigenvalue weighted by molar-refractivity contribution is 5.86. The molecule has 1 aliphatic heterocycles. The van der Waals surface area contributed by atoms with Gasteiger partial charge in [-0.05, 0) is 45.6 Å². The number of carbonyl (C=O) groups excluding carboxylic acids is 2. The maximum atomic E-state index is 13.0. The van der Waals surface area contributed by atoms with Crippen molar-refractivity contribution in [3.8, 4) is 0 Å². The second-order valence-corrected chi connectivity index (χ2v) is 8.67. The Morgan fingerprint density at radius 3 is 2.57 bits per heavy atom. The molecule has 2 aromatic rings. The minimum Gasteiger partial charge on any atom is -0.469 e. The Morgan fingerprint density at radius 1 is 1.20 bits per heavy atom. The number of ether oxygens (including phenoxy) is 2. The van der Waals surface area contributed by atoms with Crippen LogP contribution < -0.4 is 5.56 Å². The molecule has 1 fully saturated rings. The van der Waals surface area contributed by atoms with Gasteiger partial charge in [-0.15, -0.1) is 0 Å². The van der Waals surface area contributed by atoms with Gasteiger partial charge in [0.25, 0.3) is 5.56 Å². The molecule has 1 unspecified atom stereocenters. The number of methoxy groups -OCH3 is 1. The minimum atomic E-state index is -0.552. The number of rotatable bonds is 4. The lowest BCUT2D eigenvalue weighted by Gasteiger charge is -2.34. The summed E-state index contributed by atoms with van der Waals surface area (Å²) in [5, 5.41) is 5.66. The van der Waals surface area contributed by atoms with Crippen LogP contribution in [-0.4, -0.2) is 52.5 Å². The number of amides is 1. The number of aromatic nitrogens is 2. The molecule has 0 N–H and O–H groups in total. The van der Waals surface area contributed by atoms with E-state index in [0.717, 1.165) is 12.8 Å². The molecular weight excluding hydrogens is 386 g/mol. The SMILES string of the molecule is COC(=O)Cc1nn(CC2CCCN(C(=O)OC(C)(C)C)C2)c(=O)c2ccccc12. The molecule has 0 saturated carbocycles. The van der Waals surface area contributed by atoms with Crippen molar-refractivity contribution in [3.05, 3.63) is 40.3 Å². The number of fused-ring (bicyclic) bond motifs is 1. The molecule has 0 radical (unpaired) electrons. The van der Waals surface area contributed by atoms with Crippen molar-refractivity contribution in [2.75, 3.05) is 20.2 Å². The van der Waals surface area contributed by atoms with Crippen LogP contribution in [0.15, 0.2) is 29.1 Å². The average molecular weight is 415 g/mol. The first-order valence-corrected chi connectivity index (χ1v) is 10.2. The van der Waals surface area contributed by atoms with Crippen LogP contribution in [0.5, 0.6) is 0 Å². The van der Waals surface area contributed by atoms with E-state index in [4.69, 9.17) is 9.47 Å². The summed E-state index contributed by atoms with van der Waals surface area (Å²) in [6.07, 6.45) is 1.37. The van der Waals surface area contributed by atoms with Crippen LogP contribution in [0.2, 0.25) is 0 Å². The molecule has 0 bridgehead atoms. The van der Waals surface area contributed by atoms with Crippen LogP contribution in [0.3, 0.4) is 0 Å². The molecule has 0 spiro atoms. The van der Waals surface area contributed by atoms with Crippen molar-refractivity contribution < 1.29 is 19.1 Å². The second kappa shape index (κ2) is 8.85. The van der Waals surface area contributed by atoms with Gasteiger partial charge in [0, 0.05) is 25.0 Å². The van der Waals surface area contributed by atoms with Gasteiger partial charge in [0.1, 0.15) is 5.60 Å². The molecule has 162 valence electrons. The summed E-state index contributed by atoms with van der Waals surface area (Å²) in [7, 11) is 1.33. The van der Waals surface area contributed by atoms with Crippen molar-refractivity contribution in [2.45, 2.75) is 52.2 Å². The number of nitrogens with zero attached hydrogens (tertiary/aromatic N) is 3. The first-order valence-electron chi connectivity index (χ1n) is 10.2. The quantitative estimate of drug-likeness (QED) is 0.713. The van der Waals surface area contributed by atoms with Gasteiger partial charge in [0.2, 0.25) is 0 Å². The summed E-state index contributed by atoms with van der Waals surface area (Å²) in [4.78, 5) is 39.0. The first kappa shape index (κ1) is 21.8. The van der Waals surface area contributed by atoms with E-state index >= 15 is 0 Å². The van der Waals surface area contributed by atoms with Gasteiger partial charge < -0.3 is 14.4 Å². The van der Waals surface area contributed by atoms with Gasteiger partial charge in [0.15, 0.2) is 0 Å². The number of benzene rings is 1. The molecule has 1 aromatic carbocycles. The zero-order chi connectivity index (χ0) is 21.9. The van der Waals surface area contributed by atoms with Gasteiger partial charge in [-0.3, -0.25) is 9.59 Å². The largest absolute Gasteiger partial charge is 0.469 e. The highest BCUT2D eigenvalue weighted by Gasteiger charge is 2.28. The van der Waals surface area contributed by atoms with Crippen LogP contribution in [-0.2, 0) is 27.2 Å². The van der Waals surface area contributed by atoms with Gasteiger partial charge in [0.05, 0.1) is 24.6 Å². The van der Waals surface area contributed by atoms with Gasteiger partial charge in [-0.25, -0.2) is 9.48 Å². The molecule has 1 amide bonds. The predicted molar refractivity (Wildman–Crippen MR) is 112 cm³/mol. The van der Waals surface area contributed by atoms with Crippen molar-refractivity contribution in [2.24, 2.45) is 5.92 Å². The van der Waals surface area contributed by atoms with Crippen LogP contribution in [0.25, 0.3) is 10.8 Å². The van der Waals surface area contributed by atoms with E-state index in [0.29, 0.717) is 36.1 Å². The van der Waals surface area contributed by atoms with E-state index in [9.17, 15) is 14.4 Å². The molecular formula is C22H29N3O5. The Balaban J connectivity index is 1.84. The summed E-state index contributed by atoms with van der Waals surface area (Å²) < 4.78 is 11.7. The lowest BCUT2D eigenvalue weighted by atomic mass is 9.98. The van der Waals surface area contributed by atoms with Crippen LogP contribution >= 0.6 is 0 Å². The van der Waals surface area contributed by atoms with E-state index in [1.165, 1.54) is 11.8 Å². The Bertz CT molecular complexity index is 992. The molecule has 0 aliphatic carbocycles. The molecule has 1 saturated heterocycles. The van der Waals surface area contributed by atoms with E-state index in [-0.39, 0.29) is 24.0 Å². The summed E-state index contributed by atoms with van der Waals surface area (Å²) in [6, 6.07) is 7.14. The Morgan fingerprint density at radius 2 is 1.90 bits per heavy atom. The van der Waals surface area contributed by atoms with Crippen LogP contribution in [0, 0.1) is 5.92 Å². The van der Waals surface area contributed by atoms with Gasteiger partial charge >= 0.3 is 12.1 Å². The lowest BCUT2D eigenvalue weighted by Crippen LogP contribution is -2.44. The third-order valence-corrected chi connectivity index (χ3v) is 5.09. The molecule has 8 nitrogen and oxygen atoms in total. The molecule has 30 heavy (non-hydrogen) atoms. The van der Waals surface area contributed by atoms with Crippen LogP contribution in [0.4, 0.5) is 4.79 Å². The second-order valence-electron chi connectivity index (χ2n) is 8.67. The van der Waals surface area contributed by atoms with E-state index in [1.54, 1.807) is 23.1 Å². The summed E-state index contributed by atoms with van der Waals surface area (Å²) >= 11 is 0. The average Bonchev–Trinajstić information content (AvgIpc) is 2.70. The molecule has 1 aromatic heterocycles. The maximum Gasteiger partial charge on any atom is 0.410 e. The molecule has 8 heteroatoms. The number of piperidine rings is 1. The summed E-state index contributed by atoms with van der Waals surface area (Å²) in [5.74, 6) is -0.338. The van der Waals surface area contributed by atoms with Crippen molar-refractivity contribution in [1.29, 1.82) is 0 Å². The highest BCUT2D eigenvalue weighted by Crippen LogP contribution is 2.21. The fourth-order valence-electron chi connectivity index (χ4n) is 3.72. The number of esters is 1. The monoisotopic (exact) mass is 415 g/mol. The number of carbonyl (C=O) groups is 2. The minimum absolute atomic E-state index is 0.00794. The number of hydrogen-bond acceptors (Lipinski definition) is 6. The number of likely N-dealkylation sites (tertiary alicyclic amines) is 1. The molecule has 1 aliphatic rings. The number of hydrogen-bond donors (Lipinski definition) is 0. The summed E-state index contributed by atoms with van der Waals surface area (Å²) in [6.45, 7) is 7.04. The van der Waals surface area contributed by atoms with Gasteiger partial charge in [-0.2, -0.15) is 5.10 Å². The Kier molecular flexibility index (Phi) is 6.43. The van der Waals surface area contributed by atoms with Crippen molar-refractivity contribution >= 4 is 22.8 Å². The van der Waals surface area contributed by atoms with E-state index in [2.05, 4.69) is 5.10 Å². The summed E-state index contributed by atoms with van der Waals surface area (Å²) in [5.41, 5.74) is -0.241. The fraction of sp³-hybridized carbons (Fsp3) is 0.545. The Hall–Kier alpha value is -2.90. The van der Waals surface area contributed by atoms with Gasteiger partial charge in [-0.1, -0.05) is 18.2 Å². The van der Waals surface area contributed by atoms with Crippen molar-refractivity contribution in [1.82, 2.24) is 14.7 Å². The zero-order valence-corrected chi connectivity index (χ0v) is 18.0. The Labute approximate surface area is 175 Å². The third-order valence-electron chi connectivity index (χ3n) is 5.09. The first-order chi connectivity index (χ1) is 14.2. The van der Waals surface area contributed by atoms with Crippen molar-refractivity contribution in [3.63, 3.8) is 0 Å². The molecule has 3 rings (SSSR count). The smallest absolute Gasteiger partial charge is 0.410 e. The highest BCUT2D eigenvalue weighted by atomic mass is 16.6. The standard InChI is InChI=1S/C22H29N3O5/c1-22(2,3)30-21(28)24-11-7-8-15(13-24)14-25-20(27)17-10-6-5-9-16(17)18(23-25)12-19(26)29-4/h5-6,9-10,15H,7-8,11-14H2,1-4H3. The van der Waals surface area contributed by atoms with Crippen LogP contribution in [0.1, 0.15) is 39.3 Å². The van der Waals surface area contributed by atoms with E-state index < -0.39 is 11.6 Å². The molecule has 2 heterocycles. The maximum absolute atomic E-state index is 13.0. The predicted octanol–water partition coefficient (Wildman–Crippen LogP) is 2.76. The normalized spacial score (nSPS) is 17.1. The molecule has 1 atom stereocenters. The fourth-order valence-corrected chi connectivity index (χ4v) is 3.72. The lowest BCUT2D eigenvalue weighted by molar-refractivity contribution is -0.139. The third kappa shape index (κ3) is 5.17.